The zero-order valence-corrected chi connectivity index (χ0v) is 25.0. The van der Waals surface area contributed by atoms with Crippen molar-refractivity contribution in [3.05, 3.63) is 87.9 Å². The molecule has 4 rings (SSSR count). The van der Waals surface area contributed by atoms with Gasteiger partial charge in [0.1, 0.15) is 25.8 Å². The van der Waals surface area contributed by atoms with Crippen molar-refractivity contribution in [2.75, 3.05) is 36.9 Å². The number of ether oxygens (including phenoxy) is 2. The van der Waals surface area contributed by atoms with Crippen molar-refractivity contribution in [2.45, 2.75) is 25.9 Å². The van der Waals surface area contributed by atoms with E-state index in [0.717, 1.165) is 16.1 Å². The van der Waals surface area contributed by atoms with E-state index in [0.29, 0.717) is 46.9 Å². The highest BCUT2D eigenvalue weighted by atomic mass is 35.5. The van der Waals surface area contributed by atoms with E-state index in [-0.39, 0.29) is 24.6 Å². The summed E-state index contributed by atoms with van der Waals surface area (Å²) in [4.78, 5) is 28.9. The lowest BCUT2D eigenvalue weighted by molar-refractivity contribution is -0.140. The van der Waals surface area contributed by atoms with E-state index in [1.54, 1.807) is 37.3 Å². The minimum Gasteiger partial charge on any atom is -0.486 e. The topological polar surface area (TPSA) is 105 Å². The van der Waals surface area contributed by atoms with Gasteiger partial charge in [0.15, 0.2) is 11.5 Å². The summed E-state index contributed by atoms with van der Waals surface area (Å²) in [5, 5.41) is 3.55. The second-order valence-electron chi connectivity index (χ2n) is 9.46. The molecule has 0 aliphatic carbocycles. The number of halogens is 2. The van der Waals surface area contributed by atoms with Crippen molar-refractivity contribution in [3.8, 4) is 11.5 Å². The van der Waals surface area contributed by atoms with Crippen molar-refractivity contribution < 1.29 is 27.5 Å². The first-order chi connectivity index (χ1) is 19.6. The highest BCUT2D eigenvalue weighted by molar-refractivity contribution is 7.92. The minimum atomic E-state index is -3.93. The van der Waals surface area contributed by atoms with Gasteiger partial charge in [-0.2, -0.15) is 0 Å². The van der Waals surface area contributed by atoms with Crippen molar-refractivity contribution in [1.82, 2.24) is 10.2 Å². The lowest BCUT2D eigenvalue weighted by Gasteiger charge is -2.33. The summed E-state index contributed by atoms with van der Waals surface area (Å²) < 4.78 is 38.1. The molecule has 218 valence electrons. The van der Waals surface area contributed by atoms with Gasteiger partial charge in [-0.25, -0.2) is 8.42 Å². The molecule has 0 radical (unpaired) electrons. The largest absolute Gasteiger partial charge is 0.486 e. The summed E-state index contributed by atoms with van der Waals surface area (Å²) in [6, 6.07) is 17.9. The molecule has 0 saturated carbocycles. The monoisotopic (exact) mass is 619 g/mol. The van der Waals surface area contributed by atoms with Gasteiger partial charge < -0.3 is 19.7 Å². The number of hydrogen-bond acceptors (Lipinski definition) is 6. The minimum absolute atomic E-state index is 0.0534. The molecule has 9 nitrogen and oxygen atoms in total. The first kappa shape index (κ1) is 30.5. The van der Waals surface area contributed by atoms with Crippen molar-refractivity contribution >= 4 is 50.7 Å². The number of rotatable bonds is 11. The first-order valence-corrected chi connectivity index (χ1v) is 15.6. The van der Waals surface area contributed by atoms with Crippen LogP contribution in [0.3, 0.4) is 0 Å². The van der Waals surface area contributed by atoms with Crippen molar-refractivity contribution in [2.24, 2.45) is 0 Å². The average molecular weight is 621 g/mol. The van der Waals surface area contributed by atoms with Crippen LogP contribution in [-0.2, 0) is 32.6 Å². The van der Waals surface area contributed by atoms with Crippen LogP contribution in [0.2, 0.25) is 10.0 Å². The summed E-state index contributed by atoms with van der Waals surface area (Å²) in [5.74, 6) is -0.106. The molecule has 1 aliphatic rings. The molecule has 41 heavy (non-hydrogen) atoms. The third kappa shape index (κ3) is 7.84. The normalized spacial score (nSPS) is 13.3. The first-order valence-electron chi connectivity index (χ1n) is 13.0. The predicted molar refractivity (Wildman–Crippen MR) is 159 cm³/mol. The lowest BCUT2D eigenvalue weighted by Crippen LogP contribution is -2.53. The fourth-order valence-corrected chi connectivity index (χ4v) is 5.79. The summed E-state index contributed by atoms with van der Waals surface area (Å²) >= 11 is 12.6. The van der Waals surface area contributed by atoms with Gasteiger partial charge in [-0.05, 0) is 42.3 Å². The Bertz CT molecular complexity index is 1500. The summed E-state index contributed by atoms with van der Waals surface area (Å²) in [6.45, 7) is 2.22. The van der Waals surface area contributed by atoms with Crippen LogP contribution in [0, 0.1) is 0 Å². The van der Waals surface area contributed by atoms with Crippen molar-refractivity contribution in [1.29, 1.82) is 0 Å². The summed E-state index contributed by atoms with van der Waals surface area (Å²) in [6.07, 6.45) is 1.22. The molecule has 12 heteroatoms. The fraction of sp³-hybridized carbons (Fsp3) is 0.310. The van der Waals surface area contributed by atoms with Crippen LogP contribution in [0.4, 0.5) is 5.69 Å². The van der Waals surface area contributed by atoms with Crippen LogP contribution in [-0.4, -0.2) is 63.7 Å². The third-order valence-electron chi connectivity index (χ3n) is 6.47. The molecule has 2 amide bonds. The zero-order chi connectivity index (χ0) is 29.6. The molecule has 3 aromatic carbocycles. The van der Waals surface area contributed by atoms with Crippen LogP contribution in [0.5, 0.6) is 11.5 Å². The van der Waals surface area contributed by atoms with E-state index in [2.05, 4.69) is 5.32 Å². The van der Waals surface area contributed by atoms with E-state index < -0.39 is 28.5 Å². The van der Waals surface area contributed by atoms with E-state index in [4.69, 9.17) is 32.7 Å². The Morgan fingerprint density at radius 3 is 2.34 bits per heavy atom. The number of anilines is 1. The van der Waals surface area contributed by atoms with Gasteiger partial charge in [0, 0.05) is 35.6 Å². The number of amides is 2. The SMILES string of the molecule is CCNC(=O)[C@@H](Cc1ccccc1)N(Cc1ccc(Cl)cc1Cl)C(=O)CN(c1ccc2c(c1)OCCO2)S(C)(=O)=O. The smallest absolute Gasteiger partial charge is 0.244 e. The number of carbonyl (C=O) groups excluding carboxylic acids is 2. The van der Waals surface area contributed by atoms with E-state index in [1.807, 2.05) is 30.3 Å². The highest BCUT2D eigenvalue weighted by Gasteiger charge is 2.33. The van der Waals surface area contributed by atoms with Gasteiger partial charge in [-0.1, -0.05) is 59.6 Å². The molecule has 0 fully saturated rings. The Balaban J connectivity index is 1.74. The van der Waals surface area contributed by atoms with Crippen LogP contribution < -0.4 is 19.1 Å². The molecule has 1 N–H and O–H groups in total. The zero-order valence-electron chi connectivity index (χ0n) is 22.7. The second-order valence-corrected chi connectivity index (χ2v) is 12.2. The van der Waals surface area contributed by atoms with Gasteiger partial charge in [-0.3, -0.25) is 13.9 Å². The number of sulfonamides is 1. The van der Waals surface area contributed by atoms with Crippen LogP contribution >= 0.6 is 23.2 Å². The summed E-state index contributed by atoms with van der Waals surface area (Å²) in [7, 11) is -3.93. The maximum atomic E-state index is 14.1. The van der Waals surface area contributed by atoms with Crippen LogP contribution in [0.15, 0.2) is 66.7 Å². The lowest BCUT2D eigenvalue weighted by atomic mass is 10.0. The van der Waals surface area contributed by atoms with Gasteiger partial charge in [0.2, 0.25) is 21.8 Å². The fourth-order valence-electron chi connectivity index (χ4n) is 4.48. The number of fused-ring (bicyclic) bond motifs is 1. The second kappa shape index (κ2) is 13.5. The third-order valence-corrected chi connectivity index (χ3v) is 8.20. The molecule has 0 bridgehead atoms. The Labute approximate surface area is 250 Å². The van der Waals surface area contributed by atoms with Gasteiger partial charge in [0.05, 0.1) is 11.9 Å². The number of nitrogens with zero attached hydrogens (tertiary/aromatic N) is 2. The van der Waals surface area contributed by atoms with Gasteiger partial charge in [-0.15, -0.1) is 0 Å². The Morgan fingerprint density at radius 2 is 1.68 bits per heavy atom. The molecule has 0 spiro atoms. The molecule has 1 aliphatic heterocycles. The number of benzene rings is 3. The molecule has 1 atom stereocenters. The standard InChI is InChI=1S/C29H31Cl2N3O6S/c1-3-32-29(36)25(15-20-7-5-4-6-8-20)33(18-21-9-10-22(30)16-24(21)31)28(35)19-34(41(2,37)38)23-11-12-26-27(17-23)40-14-13-39-26/h4-12,16-17,25H,3,13-15,18-19H2,1-2H3,(H,32,36)/t25-/m1/s1. The van der Waals surface area contributed by atoms with Gasteiger partial charge in [0.25, 0.3) is 0 Å². The molecule has 0 aromatic heterocycles. The van der Waals surface area contributed by atoms with E-state index >= 15 is 0 Å². The van der Waals surface area contributed by atoms with Crippen molar-refractivity contribution in [3.63, 3.8) is 0 Å². The summed E-state index contributed by atoms with van der Waals surface area (Å²) in [5.41, 5.74) is 1.61. The predicted octanol–water partition coefficient (Wildman–Crippen LogP) is 4.31. The Hall–Kier alpha value is -3.47. The van der Waals surface area contributed by atoms with Crippen LogP contribution in [0.25, 0.3) is 0 Å². The van der Waals surface area contributed by atoms with E-state index in [1.165, 1.54) is 11.0 Å². The van der Waals surface area contributed by atoms with E-state index in [9.17, 15) is 18.0 Å². The molecular formula is C29H31Cl2N3O6S. The average Bonchev–Trinajstić information content (AvgIpc) is 2.94. The molecule has 3 aromatic rings. The Kier molecular flexibility index (Phi) is 10.0. The van der Waals surface area contributed by atoms with Crippen LogP contribution in [0.1, 0.15) is 18.1 Å². The highest BCUT2D eigenvalue weighted by Crippen LogP contribution is 2.35. The number of hydrogen-bond donors (Lipinski definition) is 1. The maximum Gasteiger partial charge on any atom is 0.244 e. The van der Waals surface area contributed by atoms with Gasteiger partial charge >= 0.3 is 0 Å². The molecular weight excluding hydrogens is 589 g/mol. The molecule has 0 saturated heterocycles. The Morgan fingerprint density at radius 1 is 0.976 bits per heavy atom. The quantitative estimate of drug-likeness (QED) is 0.343. The molecule has 0 unspecified atom stereocenters. The number of carbonyl (C=O) groups is 2. The number of likely N-dealkylation sites (N-methyl/N-ethyl adjacent to an activating group) is 1. The molecule has 1 heterocycles. The maximum absolute atomic E-state index is 14.1. The number of nitrogens with one attached hydrogen (secondary N) is 1.